The van der Waals surface area contributed by atoms with E-state index >= 15 is 0 Å². The lowest BCUT2D eigenvalue weighted by molar-refractivity contribution is -0.143. The number of ether oxygens (including phenoxy) is 1. The predicted octanol–water partition coefficient (Wildman–Crippen LogP) is 1.31. The lowest BCUT2D eigenvalue weighted by Gasteiger charge is -2.29. The molecule has 3 aliphatic rings. The second-order valence-corrected chi connectivity index (χ2v) is 7.37. The summed E-state index contributed by atoms with van der Waals surface area (Å²) in [6, 6.07) is 2.72. The average Bonchev–Trinajstić information content (AvgIpc) is 3.35. The summed E-state index contributed by atoms with van der Waals surface area (Å²) in [4.78, 5) is 49.9. The monoisotopic (exact) mass is 376 g/mol. The summed E-state index contributed by atoms with van der Waals surface area (Å²) < 4.78 is 4.90. The number of piperidine rings is 1. The molecule has 2 aliphatic heterocycles. The first-order valence-electron chi connectivity index (χ1n) is 8.43. The third-order valence-electron chi connectivity index (χ3n) is 5.48. The van der Waals surface area contributed by atoms with E-state index in [0.717, 1.165) is 0 Å². The number of carbonyl (C=O) groups excluding carboxylic acids is 4. The number of methoxy groups -OCH3 is 1. The molecule has 136 valence electrons. The number of nitrogens with zero attached hydrogens (tertiary/aromatic N) is 1. The quantitative estimate of drug-likeness (QED) is 0.634. The Morgan fingerprint density at radius 1 is 1.31 bits per heavy atom. The summed E-state index contributed by atoms with van der Waals surface area (Å²) in [7, 11) is 1.34. The minimum atomic E-state index is -0.726. The van der Waals surface area contributed by atoms with Crippen LogP contribution in [-0.4, -0.2) is 41.7 Å². The third-order valence-corrected chi connectivity index (χ3v) is 5.82. The number of hydrogen-bond donors (Lipinski definition) is 1. The van der Waals surface area contributed by atoms with Crippen molar-refractivity contribution in [3.8, 4) is 0 Å². The highest BCUT2D eigenvalue weighted by Gasteiger charge is 2.53. The normalized spacial score (nSPS) is 23.5. The van der Waals surface area contributed by atoms with Crippen LogP contribution in [-0.2, 0) is 31.1 Å². The molecule has 7 nitrogen and oxygen atoms in total. The average molecular weight is 377 g/mol. The molecule has 0 radical (unpaired) electrons. The summed E-state index contributed by atoms with van der Waals surface area (Å²) in [5, 5.41) is 2.67. The van der Waals surface area contributed by atoms with Gasteiger partial charge < -0.3 is 9.64 Å². The molecule has 2 heterocycles. The van der Waals surface area contributed by atoms with E-state index in [-0.39, 0.29) is 30.7 Å². The van der Waals surface area contributed by atoms with Gasteiger partial charge in [0.15, 0.2) is 0 Å². The minimum absolute atomic E-state index is 0.195. The van der Waals surface area contributed by atoms with Crippen LogP contribution >= 0.6 is 11.6 Å². The lowest BCUT2D eigenvalue weighted by Crippen LogP contribution is -2.52. The van der Waals surface area contributed by atoms with Crippen LogP contribution in [0.5, 0.6) is 0 Å². The van der Waals surface area contributed by atoms with Gasteiger partial charge in [0, 0.05) is 29.1 Å². The third kappa shape index (κ3) is 2.41. The van der Waals surface area contributed by atoms with E-state index in [1.807, 2.05) is 0 Å². The second-order valence-electron chi connectivity index (χ2n) is 6.96. The van der Waals surface area contributed by atoms with E-state index in [1.165, 1.54) is 12.0 Å². The van der Waals surface area contributed by atoms with Crippen LogP contribution in [0.15, 0.2) is 12.1 Å². The van der Waals surface area contributed by atoms with Gasteiger partial charge in [0.25, 0.3) is 5.91 Å². The summed E-state index contributed by atoms with van der Waals surface area (Å²) in [5.41, 5.74) is 1.00. The number of carbonyl (C=O) groups is 4. The number of fused-ring (bicyclic) bond motifs is 1. The van der Waals surface area contributed by atoms with Crippen LogP contribution in [0.3, 0.4) is 0 Å². The topological polar surface area (TPSA) is 92.8 Å². The van der Waals surface area contributed by atoms with E-state index in [1.54, 1.807) is 12.1 Å². The fourth-order valence-electron chi connectivity index (χ4n) is 3.82. The van der Waals surface area contributed by atoms with Crippen molar-refractivity contribution in [3.63, 3.8) is 0 Å². The van der Waals surface area contributed by atoms with Gasteiger partial charge in [-0.05, 0) is 37.0 Å². The van der Waals surface area contributed by atoms with Gasteiger partial charge in [-0.3, -0.25) is 24.5 Å². The molecule has 2 fully saturated rings. The molecule has 8 heteroatoms. The van der Waals surface area contributed by atoms with Crippen molar-refractivity contribution in [2.75, 3.05) is 7.11 Å². The molecule has 26 heavy (non-hydrogen) atoms. The summed E-state index contributed by atoms with van der Waals surface area (Å²) in [6.45, 7) is 0.213. The molecule has 1 aromatic carbocycles. The lowest BCUT2D eigenvalue weighted by atomic mass is 9.93. The van der Waals surface area contributed by atoms with Crippen molar-refractivity contribution >= 4 is 35.3 Å². The smallest absolute Gasteiger partial charge is 0.316 e. The Balaban J connectivity index is 1.67. The fraction of sp³-hybridized carbons (Fsp3) is 0.444. The van der Waals surface area contributed by atoms with Crippen LogP contribution in [0.2, 0.25) is 5.02 Å². The highest BCUT2D eigenvalue weighted by molar-refractivity contribution is 6.32. The molecule has 1 saturated carbocycles. The van der Waals surface area contributed by atoms with Gasteiger partial charge in [0.1, 0.15) is 6.04 Å². The predicted molar refractivity (Wildman–Crippen MR) is 90.4 cm³/mol. The molecule has 3 amide bonds. The van der Waals surface area contributed by atoms with Gasteiger partial charge in [0.2, 0.25) is 11.8 Å². The standard InChI is InChI=1S/C18H17ClN2O5/c1-26-17(25)18(4-5-18)9-6-10-11(12(19)7-9)8-21(16(10)24)13-2-3-14(22)20-15(13)23/h6-7,13H,2-5,8H2,1H3,(H,20,22,23). The molecule has 1 atom stereocenters. The van der Waals surface area contributed by atoms with Crippen LogP contribution < -0.4 is 5.32 Å². The van der Waals surface area contributed by atoms with Crippen LogP contribution in [0.25, 0.3) is 0 Å². The Bertz CT molecular complexity index is 861. The molecule has 1 N–H and O–H groups in total. The van der Waals surface area contributed by atoms with Crippen molar-refractivity contribution in [2.45, 2.75) is 43.7 Å². The Morgan fingerprint density at radius 3 is 2.65 bits per heavy atom. The zero-order chi connectivity index (χ0) is 18.6. The van der Waals surface area contributed by atoms with Crippen molar-refractivity contribution in [2.24, 2.45) is 0 Å². The largest absolute Gasteiger partial charge is 0.468 e. The van der Waals surface area contributed by atoms with Gasteiger partial charge >= 0.3 is 5.97 Å². The van der Waals surface area contributed by atoms with Gasteiger partial charge in [-0.1, -0.05) is 11.6 Å². The number of nitrogens with one attached hydrogen (secondary N) is 1. The molecular formula is C18H17ClN2O5. The maximum absolute atomic E-state index is 12.9. The summed E-state index contributed by atoms with van der Waals surface area (Å²) in [6.07, 6.45) is 1.79. The van der Waals surface area contributed by atoms with Crippen molar-refractivity contribution in [1.29, 1.82) is 0 Å². The molecule has 0 aromatic heterocycles. The molecule has 1 unspecified atom stereocenters. The SMILES string of the molecule is COC(=O)C1(c2cc(Cl)c3c(c2)C(=O)N(C2CCC(=O)NC2=O)C3)CC1. The number of halogens is 1. The first-order valence-corrected chi connectivity index (χ1v) is 8.81. The first-order chi connectivity index (χ1) is 12.4. The molecular weight excluding hydrogens is 360 g/mol. The Morgan fingerprint density at radius 2 is 2.04 bits per heavy atom. The maximum atomic E-state index is 12.9. The zero-order valence-electron chi connectivity index (χ0n) is 14.1. The summed E-state index contributed by atoms with van der Waals surface area (Å²) >= 11 is 6.40. The van der Waals surface area contributed by atoms with Crippen LogP contribution in [0.4, 0.5) is 0 Å². The van der Waals surface area contributed by atoms with Gasteiger partial charge in [-0.15, -0.1) is 0 Å². The number of imide groups is 1. The fourth-order valence-corrected chi connectivity index (χ4v) is 4.10. The Kier molecular flexibility index (Phi) is 3.80. The first kappa shape index (κ1) is 17.0. The summed E-state index contributed by atoms with van der Waals surface area (Å²) in [5.74, 6) is -1.43. The number of benzene rings is 1. The van der Waals surface area contributed by atoms with Crippen molar-refractivity contribution in [1.82, 2.24) is 10.2 Å². The minimum Gasteiger partial charge on any atom is -0.468 e. The van der Waals surface area contributed by atoms with Crippen LogP contribution in [0.1, 0.15) is 47.2 Å². The number of hydrogen-bond acceptors (Lipinski definition) is 5. The molecule has 4 rings (SSSR count). The maximum Gasteiger partial charge on any atom is 0.316 e. The van der Waals surface area contributed by atoms with Gasteiger partial charge in [0.05, 0.1) is 12.5 Å². The number of rotatable bonds is 3. The highest BCUT2D eigenvalue weighted by atomic mass is 35.5. The number of esters is 1. The Labute approximate surface area is 154 Å². The van der Waals surface area contributed by atoms with E-state index in [4.69, 9.17) is 16.3 Å². The van der Waals surface area contributed by atoms with Crippen LogP contribution in [0, 0.1) is 0 Å². The number of amides is 3. The van der Waals surface area contributed by atoms with E-state index in [9.17, 15) is 19.2 Å². The van der Waals surface area contributed by atoms with E-state index in [2.05, 4.69) is 5.32 Å². The van der Waals surface area contributed by atoms with Gasteiger partial charge in [-0.25, -0.2) is 0 Å². The molecule has 0 bridgehead atoms. The van der Waals surface area contributed by atoms with E-state index < -0.39 is 17.4 Å². The second kappa shape index (κ2) is 5.81. The molecule has 1 saturated heterocycles. The molecule has 1 aliphatic carbocycles. The molecule has 0 spiro atoms. The van der Waals surface area contributed by atoms with Crippen molar-refractivity contribution < 1.29 is 23.9 Å². The zero-order valence-corrected chi connectivity index (χ0v) is 14.9. The highest BCUT2D eigenvalue weighted by Crippen LogP contribution is 2.51. The van der Waals surface area contributed by atoms with E-state index in [0.29, 0.717) is 41.0 Å². The van der Waals surface area contributed by atoms with Gasteiger partial charge in [-0.2, -0.15) is 0 Å². The molecule has 1 aromatic rings. The Hall–Kier alpha value is -2.41. The van der Waals surface area contributed by atoms with Crippen molar-refractivity contribution in [3.05, 3.63) is 33.8 Å².